The van der Waals surface area contributed by atoms with Crippen molar-refractivity contribution in [3.63, 3.8) is 0 Å². The van der Waals surface area contributed by atoms with Crippen LogP contribution in [-0.2, 0) is 4.74 Å². The quantitative estimate of drug-likeness (QED) is 0.666. The number of fused-ring (bicyclic) bond motifs is 6. The van der Waals surface area contributed by atoms with E-state index >= 15 is 0 Å². The lowest BCUT2D eigenvalue weighted by atomic mass is 9.98. The zero-order valence-corrected chi connectivity index (χ0v) is 8.85. The van der Waals surface area contributed by atoms with E-state index in [1.54, 1.807) is 0 Å². The smallest absolute Gasteiger partial charge is 0.200 e. The molecule has 0 aromatic heterocycles. The molecule has 0 amide bonds. The van der Waals surface area contributed by atoms with Crippen molar-refractivity contribution in [1.29, 1.82) is 0 Å². The van der Waals surface area contributed by atoms with Crippen molar-refractivity contribution >= 4 is 10.8 Å². The van der Waals surface area contributed by atoms with Gasteiger partial charge >= 0.3 is 0 Å². The van der Waals surface area contributed by atoms with Crippen LogP contribution in [0.5, 0.6) is 5.75 Å². The summed E-state index contributed by atoms with van der Waals surface area (Å²) in [5.41, 5.74) is 1.24. The summed E-state index contributed by atoms with van der Waals surface area (Å²) in [7, 11) is 0. The molecule has 2 aromatic rings. The Balaban J connectivity index is 2.06. The lowest BCUT2D eigenvalue weighted by Crippen LogP contribution is -2.20. The van der Waals surface area contributed by atoms with Crippen molar-refractivity contribution in [2.45, 2.75) is 25.2 Å². The molecule has 0 N–H and O–H groups in total. The maximum absolute atomic E-state index is 5.81. The molecule has 2 aromatic carbocycles. The van der Waals surface area contributed by atoms with Gasteiger partial charge in [-0.05, 0) is 23.3 Å². The maximum atomic E-state index is 5.81. The molecule has 1 saturated heterocycles. The summed E-state index contributed by atoms with van der Waals surface area (Å²) in [6.07, 6.45) is 2.30. The fourth-order valence-corrected chi connectivity index (χ4v) is 2.76. The van der Waals surface area contributed by atoms with Crippen LogP contribution >= 0.6 is 0 Å². The third-order valence-electron chi connectivity index (χ3n) is 3.49. The summed E-state index contributed by atoms with van der Waals surface area (Å²) in [5.74, 6) is 1.01. The summed E-state index contributed by atoms with van der Waals surface area (Å²) in [4.78, 5) is 0. The highest BCUT2D eigenvalue weighted by molar-refractivity contribution is 5.88. The SMILES string of the molecule is c1ccc2c3c(ccc2c1)O[C@H]1CC[C@@H]3O1. The monoisotopic (exact) mass is 212 g/mol. The summed E-state index contributed by atoms with van der Waals surface area (Å²) in [5, 5.41) is 2.53. The van der Waals surface area contributed by atoms with E-state index in [0.29, 0.717) is 0 Å². The first-order valence-corrected chi connectivity index (χ1v) is 5.75. The Morgan fingerprint density at radius 1 is 1.00 bits per heavy atom. The van der Waals surface area contributed by atoms with E-state index in [1.165, 1.54) is 16.3 Å². The second kappa shape index (κ2) is 2.98. The van der Waals surface area contributed by atoms with Crippen LogP contribution in [0.25, 0.3) is 10.8 Å². The normalized spacial score (nSPS) is 26.5. The molecule has 2 bridgehead atoms. The number of hydrogen-bond donors (Lipinski definition) is 0. The number of benzene rings is 2. The second-order valence-electron chi connectivity index (χ2n) is 4.45. The van der Waals surface area contributed by atoms with Gasteiger partial charge in [-0.15, -0.1) is 0 Å². The van der Waals surface area contributed by atoms with Crippen molar-refractivity contribution in [2.75, 3.05) is 0 Å². The lowest BCUT2D eigenvalue weighted by Gasteiger charge is -2.25. The van der Waals surface area contributed by atoms with Gasteiger partial charge in [-0.25, -0.2) is 0 Å². The van der Waals surface area contributed by atoms with E-state index in [1.807, 2.05) is 0 Å². The van der Waals surface area contributed by atoms with Gasteiger partial charge in [0.25, 0.3) is 0 Å². The molecule has 2 atom stereocenters. The Kier molecular flexibility index (Phi) is 1.60. The molecule has 0 spiro atoms. The number of hydrogen-bond acceptors (Lipinski definition) is 2. The summed E-state index contributed by atoms with van der Waals surface area (Å²) < 4.78 is 11.6. The van der Waals surface area contributed by atoms with Gasteiger partial charge < -0.3 is 9.47 Å². The van der Waals surface area contributed by atoms with Crippen LogP contribution in [0.1, 0.15) is 24.5 Å². The molecular weight excluding hydrogens is 200 g/mol. The largest absolute Gasteiger partial charge is 0.465 e. The van der Waals surface area contributed by atoms with Gasteiger partial charge in [-0.2, -0.15) is 0 Å². The molecule has 2 heterocycles. The molecule has 2 aliphatic heterocycles. The fraction of sp³-hybridized carbons (Fsp3) is 0.286. The average Bonchev–Trinajstić information content (AvgIpc) is 2.71. The standard InChI is InChI=1S/C14H12O2/c1-2-4-10-9(3-1)5-6-11-14(10)12-7-8-13(15-11)16-12/h1-6,12-13H,7-8H2/t12-,13+/m0/s1. The van der Waals surface area contributed by atoms with Gasteiger partial charge in [-0.3, -0.25) is 0 Å². The predicted molar refractivity (Wildman–Crippen MR) is 61.4 cm³/mol. The Labute approximate surface area is 93.8 Å². The molecule has 1 fully saturated rings. The summed E-state index contributed by atoms with van der Waals surface area (Å²) in [6.45, 7) is 0. The van der Waals surface area contributed by atoms with Crippen LogP contribution in [0.3, 0.4) is 0 Å². The van der Waals surface area contributed by atoms with E-state index in [-0.39, 0.29) is 12.4 Å². The van der Waals surface area contributed by atoms with Crippen molar-refractivity contribution in [3.05, 3.63) is 42.0 Å². The average molecular weight is 212 g/mol. The molecule has 0 unspecified atom stereocenters. The maximum Gasteiger partial charge on any atom is 0.200 e. The molecule has 80 valence electrons. The second-order valence-corrected chi connectivity index (χ2v) is 4.45. The lowest BCUT2D eigenvalue weighted by molar-refractivity contribution is -0.0925. The molecule has 16 heavy (non-hydrogen) atoms. The van der Waals surface area contributed by atoms with E-state index in [9.17, 15) is 0 Å². The zero-order chi connectivity index (χ0) is 10.5. The van der Waals surface area contributed by atoms with Crippen LogP contribution in [0.4, 0.5) is 0 Å². The molecule has 0 aliphatic carbocycles. The van der Waals surface area contributed by atoms with Crippen molar-refractivity contribution in [1.82, 2.24) is 0 Å². The van der Waals surface area contributed by atoms with Gasteiger partial charge in [0.15, 0.2) is 0 Å². The molecule has 2 heteroatoms. The minimum absolute atomic E-state index is 0.0151. The highest BCUT2D eigenvalue weighted by atomic mass is 16.7. The first-order valence-electron chi connectivity index (χ1n) is 5.75. The van der Waals surface area contributed by atoms with E-state index in [4.69, 9.17) is 9.47 Å². The first-order chi connectivity index (χ1) is 7.92. The summed E-state index contributed by atoms with van der Waals surface area (Å²) >= 11 is 0. The van der Waals surface area contributed by atoms with E-state index in [0.717, 1.165) is 18.6 Å². The van der Waals surface area contributed by atoms with E-state index in [2.05, 4.69) is 36.4 Å². The topological polar surface area (TPSA) is 18.5 Å². The molecule has 2 nitrogen and oxygen atoms in total. The fourth-order valence-electron chi connectivity index (χ4n) is 2.76. The van der Waals surface area contributed by atoms with Crippen LogP contribution in [0.15, 0.2) is 36.4 Å². The van der Waals surface area contributed by atoms with Crippen LogP contribution in [0.2, 0.25) is 0 Å². The van der Waals surface area contributed by atoms with Crippen molar-refractivity contribution < 1.29 is 9.47 Å². The van der Waals surface area contributed by atoms with Crippen LogP contribution < -0.4 is 4.74 Å². The Morgan fingerprint density at radius 2 is 1.94 bits per heavy atom. The third kappa shape index (κ3) is 1.05. The third-order valence-corrected chi connectivity index (χ3v) is 3.49. The Bertz CT molecular complexity index is 562. The van der Waals surface area contributed by atoms with Gasteiger partial charge in [0.05, 0.1) is 6.10 Å². The van der Waals surface area contributed by atoms with Crippen LogP contribution in [-0.4, -0.2) is 6.29 Å². The van der Waals surface area contributed by atoms with Crippen molar-refractivity contribution in [2.24, 2.45) is 0 Å². The molecule has 4 rings (SSSR count). The zero-order valence-electron chi connectivity index (χ0n) is 8.85. The van der Waals surface area contributed by atoms with Crippen molar-refractivity contribution in [3.8, 4) is 5.75 Å². The molecule has 0 saturated carbocycles. The van der Waals surface area contributed by atoms with Gasteiger partial charge in [0.1, 0.15) is 5.75 Å². The minimum atomic E-state index is -0.0151. The van der Waals surface area contributed by atoms with Gasteiger partial charge in [-0.1, -0.05) is 30.3 Å². The van der Waals surface area contributed by atoms with Gasteiger partial charge in [0, 0.05) is 12.0 Å². The minimum Gasteiger partial charge on any atom is -0.465 e. The Morgan fingerprint density at radius 3 is 2.94 bits per heavy atom. The van der Waals surface area contributed by atoms with Gasteiger partial charge in [0.2, 0.25) is 6.29 Å². The summed E-state index contributed by atoms with van der Waals surface area (Å²) in [6, 6.07) is 12.6. The molecule has 2 aliphatic rings. The van der Waals surface area contributed by atoms with Crippen LogP contribution in [0, 0.1) is 0 Å². The Hall–Kier alpha value is -1.54. The predicted octanol–water partition coefficient (Wildman–Crippen LogP) is 3.41. The molecule has 0 radical (unpaired) electrons. The first kappa shape index (κ1) is 8.59. The highest BCUT2D eigenvalue weighted by Gasteiger charge is 2.36. The number of ether oxygens (including phenoxy) is 2. The number of rotatable bonds is 0. The van der Waals surface area contributed by atoms with E-state index < -0.39 is 0 Å². The molecular formula is C14H12O2. The highest BCUT2D eigenvalue weighted by Crippen LogP contribution is 2.46.